The van der Waals surface area contributed by atoms with Gasteiger partial charge in [0, 0.05) is 6.04 Å². The lowest BCUT2D eigenvalue weighted by atomic mass is 10.1. The van der Waals surface area contributed by atoms with E-state index in [0.29, 0.717) is 18.8 Å². The summed E-state index contributed by atoms with van der Waals surface area (Å²) in [4.78, 5) is 11.0. The minimum atomic E-state index is -0.725. The lowest BCUT2D eigenvalue weighted by molar-refractivity contribution is -0.141. The molecule has 1 aliphatic rings. The third-order valence-corrected chi connectivity index (χ3v) is 3.59. The number of carboxylic acids is 1. The highest BCUT2D eigenvalue weighted by atomic mass is 16.4. The minimum Gasteiger partial charge on any atom is -0.481 e. The molecule has 0 radical (unpaired) electrons. The molecule has 104 valence electrons. The van der Waals surface area contributed by atoms with Crippen molar-refractivity contribution in [3.8, 4) is 5.69 Å². The molecule has 1 aromatic heterocycles. The van der Waals surface area contributed by atoms with Crippen molar-refractivity contribution in [2.45, 2.75) is 25.3 Å². The molecule has 3 rings (SSSR count). The van der Waals surface area contributed by atoms with Crippen LogP contribution in [0.1, 0.15) is 19.3 Å². The van der Waals surface area contributed by atoms with Crippen LogP contribution in [0.2, 0.25) is 0 Å². The van der Waals surface area contributed by atoms with E-state index in [1.54, 1.807) is 4.68 Å². The number of anilines is 1. The Kier molecular flexibility index (Phi) is 3.32. The van der Waals surface area contributed by atoms with Crippen molar-refractivity contribution < 1.29 is 9.90 Å². The zero-order valence-corrected chi connectivity index (χ0v) is 10.8. The molecule has 0 aliphatic heterocycles. The molecular formula is C13H15N5O2. The van der Waals surface area contributed by atoms with Crippen LogP contribution >= 0.6 is 0 Å². The molecule has 1 fully saturated rings. The molecule has 1 aromatic carbocycles. The van der Waals surface area contributed by atoms with E-state index in [0.717, 1.165) is 12.1 Å². The lowest BCUT2D eigenvalue weighted by Gasteiger charge is -2.12. The first-order valence-electron chi connectivity index (χ1n) is 6.57. The quantitative estimate of drug-likeness (QED) is 0.873. The summed E-state index contributed by atoms with van der Waals surface area (Å²) in [6.07, 6.45) is 2.12. The van der Waals surface area contributed by atoms with Crippen LogP contribution in [0.3, 0.4) is 0 Å². The fourth-order valence-corrected chi connectivity index (χ4v) is 2.54. The number of aliphatic carboxylic acids is 1. The number of rotatable bonds is 4. The molecule has 2 N–H and O–H groups in total. The maximum absolute atomic E-state index is 11.0. The van der Waals surface area contributed by atoms with Crippen molar-refractivity contribution in [1.82, 2.24) is 20.2 Å². The monoisotopic (exact) mass is 273 g/mol. The first kappa shape index (κ1) is 12.6. The number of nitrogens with one attached hydrogen (secondary N) is 1. The van der Waals surface area contributed by atoms with Gasteiger partial charge >= 0.3 is 5.97 Å². The van der Waals surface area contributed by atoms with Gasteiger partial charge in [-0.2, -0.15) is 4.68 Å². The largest absolute Gasteiger partial charge is 0.481 e. The van der Waals surface area contributed by atoms with Crippen LogP contribution in [-0.2, 0) is 4.79 Å². The molecule has 0 amide bonds. The predicted molar refractivity (Wildman–Crippen MR) is 71.5 cm³/mol. The van der Waals surface area contributed by atoms with Crippen molar-refractivity contribution in [2.24, 2.45) is 5.92 Å². The molecule has 2 aromatic rings. The highest BCUT2D eigenvalue weighted by Gasteiger charge is 2.30. The zero-order valence-electron chi connectivity index (χ0n) is 10.8. The van der Waals surface area contributed by atoms with Gasteiger partial charge in [0.1, 0.15) is 0 Å². The molecule has 7 heteroatoms. The molecule has 20 heavy (non-hydrogen) atoms. The molecule has 0 spiro atoms. The van der Waals surface area contributed by atoms with Crippen molar-refractivity contribution in [3.63, 3.8) is 0 Å². The summed E-state index contributed by atoms with van der Waals surface area (Å²) in [7, 11) is 0. The smallest absolute Gasteiger partial charge is 0.306 e. The van der Waals surface area contributed by atoms with Gasteiger partial charge in [0.15, 0.2) is 0 Å². The minimum absolute atomic E-state index is 0.101. The van der Waals surface area contributed by atoms with Crippen molar-refractivity contribution in [1.29, 1.82) is 0 Å². The van der Waals surface area contributed by atoms with Crippen LogP contribution in [0.5, 0.6) is 0 Å². The number of hydrogen-bond acceptors (Lipinski definition) is 5. The van der Waals surface area contributed by atoms with Gasteiger partial charge in [0.2, 0.25) is 5.95 Å². The summed E-state index contributed by atoms with van der Waals surface area (Å²) in [5.74, 6) is -0.447. The SMILES string of the molecule is O=C(O)C1CCC(Nc2nnnn2-c2ccccc2)C1. The molecule has 2 atom stereocenters. The van der Waals surface area contributed by atoms with E-state index in [9.17, 15) is 4.79 Å². The highest BCUT2D eigenvalue weighted by Crippen LogP contribution is 2.28. The normalized spacial score (nSPS) is 21.8. The number of benzene rings is 1. The summed E-state index contributed by atoms with van der Waals surface area (Å²) >= 11 is 0. The Morgan fingerprint density at radius 1 is 1.30 bits per heavy atom. The Labute approximate surface area is 115 Å². The standard InChI is InChI=1S/C13H15N5O2/c19-12(20)9-6-7-10(8-9)14-13-15-16-17-18(13)11-4-2-1-3-5-11/h1-5,9-10H,6-8H2,(H,19,20)(H,14,15,17). The van der Waals surface area contributed by atoms with Crippen molar-refractivity contribution in [3.05, 3.63) is 30.3 Å². The van der Waals surface area contributed by atoms with Gasteiger partial charge in [0.25, 0.3) is 0 Å². The van der Waals surface area contributed by atoms with E-state index in [1.165, 1.54) is 0 Å². The van der Waals surface area contributed by atoms with E-state index in [-0.39, 0.29) is 12.0 Å². The average molecular weight is 273 g/mol. The van der Waals surface area contributed by atoms with Gasteiger partial charge in [-0.3, -0.25) is 4.79 Å². The topological polar surface area (TPSA) is 92.9 Å². The Bertz CT molecular complexity index is 598. The van der Waals surface area contributed by atoms with Crippen LogP contribution in [0, 0.1) is 5.92 Å². The fraction of sp³-hybridized carbons (Fsp3) is 0.385. The Morgan fingerprint density at radius 2 is 2.10 bits per heavy atom. The summed E-state index contributed by atoms with van der Waals surface area (Å²) in [6, 6.07) is 9.68. The molecule has 1 aliphatic carbocycles. The second-order valence-corrected chi connectivity index (χ2v) is 4.94. The van der Waals surface area contributed by atoms with Crippen molar-refractivity contribution >= 4 is 11.9 Å². The number of hydrogen-bond donors (Lipinski definition) is 2. The first-order valence-corrected chi connectivity index (χ1v) is 6.57. The van der Waals surface area contributed by atoms with E-state index < -0.39 is 5.97 Å². The third kappa shape index (κ3) is 2.47. The van der Waals surface area contributed by atoms with Gasteiger partial charge in [-0.1, -0.05) is 23.3 Å². The average Bonchev–Trinajstić information content (AvgIpc) is 3.09. The van der Waals surface area contributed by atoms with E-state index in [1.807, 2.05) is 30.3 Å². The van der Waals surface area contributed by atoms with Gasteiger partial charge in [0.05, 0.1) is 11.6 Å². The second kappa shape index (κ2) is 5.28. The molecule has 2 unspecified atom stereocenters. The number of carboxylic acid groups (broad SMARTS) is 1. The van der Waals surface area contributed by atoms with Gasteiger partial charge in [-0.05, 0) is 41.8 Å². The third-order valence-electron chi connectivity index (χ3n) is 3.59. The Balaban J connectivity index is 1.74. The van der Waals surface area contributed by atoms with E-state index >= 15 is 0 Å². The van der Waals surface area contributed by atoms with Crippen molar-refractivity contribution in [2.75, 3.05) is 5.32 Å². The molecule has 0 bridgehead atoms. The molecule has 1 heterocycles. The Hall–Kier alpha value is -2.44. The molecular weight excluding hydrogens is 258 g/mol. The molecule has 0 saturated heterocycles. The number of carbonyl (C=O) groups is 1. The second-order valence-electron chi connectivity index (χ2n) is 4.94. The lowest BCUT2D eigenvalue weighted by Crippen LogP contribution is -2.20. The fourth-order valence-electron chi connectivity index (χ4n) is 2.54. The van der Waals surface area contributed by atoms with E-state index in [2.05, 4.69) is 20.8 Å². The van der Waals surface area contributed by atoms with Crippen LogP contribution < -0.4 is 5.32 Å². The maximum Gasteiger partial charge on any atom is 0.306 e. The zero-order chi connectivity index (χ0) is 13.9. The number of aromatic nitrogens is 4. The summed E-state index contributed by atoms with van der Waals surface area (Å²) in [5, 5.41) is 23.9. The van der Waals surface area contributed by atoms with E-state index in [4.69, 9.17) is 5.11 Å². The Morgan fingerprint density at radius 3 is 2.80 bits per heavy atom. The highest BCUT2D eigenvalue weighted by molar-refractivity contribution is 5.70. The predicted octanol–water partition coefficient (Wildman–Crippen LogP) is 1.33. The molecule has 1 saturated carbocycles. The van der Waals surface area contributed by atoms with Crippen LogP contribution in [0.4, 0.5) is 5.95 Å². The number of tetrazole rings is 1. The number of nitrogens with zero attached hydrogens (tertiary/aromatic N) is 4. The van der Waals surface area contributed by atoms with Gasteiger partial charge in [-0.25, -0.2) is 0 Å². The summed E-state index contributed by atoms with van der Waals surface area (Å²) in [5.41, 5.74) is 0.868. The van der Waals surface area contributed by atoms with Crippen LogP contribution in [-0.4, -0.2) is 37.3 Å². The van der Waals surface area contributed by atoms with Crippen LogP contribution in [0.25, 0.3) is 5.69 Å². The van der Waals surface area contributed by atoms with Gasteiger partial charge < -0.3 is 10.4 Å². The molecule has 7 nitrogen and oxygen atoms in total. The van der Waals surface area contributed by atoms with Crippen LogP contribution in [0.15, 0.2) is 30.3 Å². The summed E-state index contributed by atoms with van der Waals surface area (Å²) < 4.78 is 1.62. The number of para-hydroxylation sites is 1. The van der Waals surface area contributed by atoms with Gasteiger partial charge in [-0.15, -0.1) is 0 Å². The summed E-state index contributed by atoms with van der Waals surface area (Å²) in [6.45, 7) is 0. The first-order chi connectivity index (χ1) is 9.74. The maximum atomic E-state index is 11.0.